The molecule has 3 nitrogen and oxygen atoms in total. The van der Waals surface area contributed by atoms with E-state index in [0.29, 0.717) is 12.1 Å². The van der Waals surface area contributed by atoms with Crippen molar-refractivity contribution < 1.29 is 4.74 Å². The summed E-state index contributed by atoms with van der Waals surface area (Å²) in [4.78, 5) is 2.59. The molecule has 0 spiro atoms. The molecule has 0 saturated carbocycles. The van der Waals surface area contributed by atoms with Crippen molar-refractivity contribution >= 4 is 0 Å². The highest BCUT2D eigenvalue weighted by Crippen LogP contribution is 2.16. The van der Waals surface area contributed by atoms with Crippen LogP contribution in [0.15, 0.2) is 0 Å². The molecule has 0 aliphatic carbocycles. The van der Waals surface area contributed by atoms with E-state index in [2.05, 4.69) is 17.1 Å². The highest BCUT2D eigenvalue weighted by molar-refractivity contribution is 4.73. The number of rotatable bonds is 3. The average molecular weight is 226 g/mol. The first-order valence-electron chi connectivity index (χ1n) is 6.92. The normalized spacial score (nSPS) is 33.6. The maximum Gasteiger partial charge on any atom is 0.0587 e. The van der Waals surface area contributed by atoms with Crippen LogP contribution in [0.25, 0.3) is 0 Å². The van der Waals surface area contributed by atoms with E-state index in [9.17, 15) is 0 Å². The first kappa shape index (κ1) is 12.3. The van der Waals surface area contributed by atoms with Crippen molar-refractivity contribution in [2.24, 2.45) is 0 Å². The molecule has 0 aromatic carbocycles. The van der Waals surface area contributed by atoms with Gasteiger partial charge in [0.2, 0.25) is 0 Å². The molecule has 2 aliphatic rings. The van der Waals surface area contributed by atoms with Crippen LogP contribution >= 0.6 is 0 Å². The molecular formula is C13H26N2O. The Hall–Kier alpha value is -0.120. The van der Waals surface area contributed by atoms with Crippen LogP contribution in [0.5, 0.6) is 0 Å². The van der Waals surface area contributed by atoms with Gasteiger partial charge in [-0.25, -0.2) is 0 Å². The molecule has 0 aromatic heterocycles. The zero-order chi connectivity index (χ0) is 11.2. The molecule has 2 saturated heterocycles. The largest absolute Gasteiger partial charge is 0.378 e. The van der Waals surface area contributed by atoms with Gasteiger partial charge in [-0.1, -0.05) is 0 Å². The van der Waals surface area contributed by atoms with Crippen LogP contribution in [-0.2, 0) is 4.74 Å². The quantitative estimate of drug-likeness (QED) is 0.791. The summed E-state index contributed by atoms with van der Waals surface area (Å²) < 4.78 is 5.78. The van der Waals surface area contributed by atoms with E-state index in [-0.39, 0.29) is 0 Å². The zero-order valence-corrected chi connectivity index (χ0v) is 10.6. The minimum atomic E-state index is 0.544. The van der Waals surface area contributed by atoms with E-state index in [0.717, 1.165) is 13.2 Å². The minimum Gasteiger partial charge on any atom is -0.378 e. The maximum atomic E-state index is 5.78. The van der Waals surface area contributed by atoms with Crippen molar-refractivity contribution in [3.63, 3.8) is 0 Å². The predicted molar refractivity (Wildman–Crippen MR) is 66.7 cm³/mol. The Morgan fingerprint density at radius 1 is 1.25 bits per heavy atom. The second-order valence-electron chi connectivity index (χ2n) is 5.26. The summed E-state index contributed by atoms with van der Waals surface area (Å²) in [5.74, 6) is 0. The Bertz CT molecular complexity index is 192. The highest BCUT2D eigenvalue weighted by atomic mass is 16.5. The van der Waals surface area contributed by atoms with E-state index in [1.807, 2.05) is 0 Å². The fourth-order valence-electron chi connectivity index (χ4n) is 2.64. The van der Waals surface area contributed by atoms with Gasteiger partial charge in [-0.3, -0.25) is 0 Å². The Balaban J connectivity index is 1.64. The van der Waals surface area contributed by atoms with Crippen LogP contribution in [0.4, 0.5) is 0 Å². The van der Waals surface area contributed by atoms with Crippen LogP contribution in [0.1, 0.15) is 39.0 Å². The van der Waals surface area contributed by atoms with E-state index in [1.165, 1.54) is 51.7 Å². The number of nitrogens with zero attached hydrogens (tertiary/aromatic N) is 1. The highest BCUT2D eigenvalue weighted by Gasteiger charge is 2.17. The van der Waals surface area contributed by atoms with Gasteiger partial charge in [-0.05, 0) is 45.6 Å². The lowest BCUT2D eigenvalue weighted by Crippen LogP contribution is -2.32. The predicted octanol–water partition coefficient (Wildman–Crippen LogP) is 1.63. The van der Waals surface area contributed by atoms with Crippen molar-refractivity contribution in [1.29, 1.82) is 0 Å². The third-order valence-electron chi connectivity index (χ3n) is 3.84. The molecule has 2 aliphatic heterocycles. The SMILES string of the molecule is CC1CCN(CCC2CCCCO2)CCN1. The fraction of sp³-hybridized carbons (Fsp3) is 1.00. The van der Waals surface area contributed by atoms with Gasteiger partial charge in [-0.2, -0.15) is 0 Å². The molecule has 2 fully saturated rings. The molecular weight excluding hydrogens is 200 g/mol. The van der Waals surface area contributed by atoms with Crippen LogP contribution in [0, 0.1) is 0 Å². The molecule has 0 amide bonds. The summed E-state index contributed by atoms with van der Waals surface area (Å²) in [6.45, 7) is 8.10. The Morgan fingerprint density at radius 3 is 3.00 bits per heavy atom. The molecule has 94 valence electrons. The summed E-state index contributed by atoms with van der Waals surface area (Å²) in [5, 5.41) is 3.54. The molecule has 2 heterocycles. The van der Waals surface area contributed by atoms with Gasteiger partial charge in [0, 0.05) is 32.3 Å². The monoisotopic (exact) mass is 226 g/mol. The van der Waals surface area contributed by atoms with Gasteiger partial charge in [0.25, 0.3) is 0 Å². The minimum absolute atomic E-state index is 0.544. The van der Waals surface area contributed by atoms with Crippen molar-refractivity contribution in [3.05, 3.63) is 0 Å². The van der Waals surface area contributed by atoms with Crippen molar-refractivity contribution in [2.75, 3.05) is 32.8 Å². The van der Waals surface area contributed by atoms with E-state index in [1.54, 1.807) is 0 Å². The molecule has 0 aromatic rings. The average Bonchev–Trinajstić information content (AvgIpc) is 2.53. The van der Waals surface area contributed by atoms with Crippen molar-refractivity contribution in [2.45, 2.75) is 51.2 Å². The Kier molecular flexibility index (Phi) is 5.07. The molecule has 3 heteroatoms. The van der Waals surface area contributed by atoms with Crippen LogP contribution in [0.2, 0.25) is 0 Å². The first-order chi connectivity index (χ1) is 7.84. The molecule has 2 atom stereocenters. The number of ether oxygens (including phenoxy) is 1. The van der Waals surface area contributed by atoms with E-state index in [4.69, 9.17) is 4.74 Å². The third-order valence-corrected chi connectivity index (χ3v) is 3.84. The molecule has 0 bridgehead atoms. The molecule has 16 heavy (non-hydrogen) atoms. The molecule has 0 radical (unpaired) electrons. The van der Waals surface area contributed by atoms with Gasteiger partial charge in [-0.15, -0.1) is 0 Å². The van der Waals surface area contributed by atoms with Crippen molar-refractivity contribution in [3.8, 4) is 0 Å². The van der Waals surface area contributed by atoms with Gasteiger partial charge in [0.05, 0.1) is 6.10 Å². The standard InChI is InChI=1S/C13H26N2O/c1-12-5-8-15(10-7-14-12)9-6-13-4-2-3-11-16-13/h12-14H,2-11H2,1H3. The topological polar surface area (TPSA) is 24.5 Å². The Labute approximate surface area is 99.5 Å². The number of nitrogens with one attached hydrogen (secondary N) is 1. The lowest BCUT2D eigenvalue weighted by Gasteiger charge is -2.26. The summed E-state index contributed by atoms with van der Waals surface area (Å²) in [6.07, 6.45) is 6.97. The smallest absolute Gasteiger partial charge is 0.0587 e. The Morgan fingerprint density at radius 2 is 2.19 bits per heavy atom. The summed E-state index contributed by atoms with van der Waals surface area (Å²) in [7, 11) is 0. The second-order valence-corrected chi connectivity index (χ2v) is 5.26. The van der Waals surface area contributed by atoms with E-state index < -0.39 is 0 Å². The van der Waals surface area contributed by atoms with Gasteiger partial charge >= 0.3 is 0 Å². The van der Waals surface area contributed by atoms with Crippen LogP contribution in [0.3, 0.4) is 0 Å². The first-order valence-corrected chi connectivity index (χ1v) is 6.92. The van der Waals surface area contributed by atoms with Crippen LogP contribution in [-0.4, -0.2) is 49.8 Å². The molecule has 1 N–H and O–H groups in total. The van der Waals surface area contributed by atoms with Gasteiger partial charge in [0.15, 0.2) is 0 Å². The lowest BCUT2D eigenvalue weighted by atomic mass is 10.1. The molecule has 2 rings (SSSR count). The number of hydrogen-bond acceptors (Lipinski definition) is 3. The van der Waals surface area contributed by atoms with Gasteiger partial charge < -0.3 is 15.0 Å². The summed E-state index contributed by atoms with van der Waals surface area (Å²) >= 11 is 0. The zero-order valence-electron chi connectivity index (χ0n) is 10.6. The number of hydrogen-bond donors (Lipinski definition) is 1. The molecule has 2 unspecified atom stereocenters. The van der Waals surface area contributed by atoms with E-state index >= 15 is 0 Å². The maximum absolute atomic E-state index is 5.78. The second kappa shape index (κ2) is 6.58. The fourth-order valence-corrected chi connectivity index (χ4v) is 2.64. The van der Waals surface area contributed by atoms with Crippen molar-refractivity contribution in [1.82, 2.24) is 10.2 Å². The summed E-state index contributed by atoms with van der Waals surface area (Å²) in [5.41, 5.74) is 0. The van der Waals surface area contributed by atoms with Gasteiger partial charge in [0.1, 0.15) is 0 Å². The third kappa shape index (κ3) is 4.04. The summed E-state index contributed by atoms with van der Waals surface area (Å²) in [6, 6.07) is 0.691. The lowest BCUT2D eigenvalue weighted by molar-refractivity contribution is 0.00581. The van der Waals surface area contributed by atoms with Crippen LogP contribution < -0.4 is 5.32 Å².